The van der Waals surface area contributed by atoms with E-state index >= 15 is 0 Å². The number of anilines is 4. The summed E-state index contributed by atoms with van der Waals surface area (Å²) < 4.78 is 5.36. The third-order valence-electron chi connectivity index (χ3n) is 3.84. The van der Waals surface area contributed by atoms with Crippen LogP contribution in [0.25, 0.3) is 0 Å². The molecule has 0 atom stereocenters. The van der Waals surface area contributed by atoms with Crippen LogP contribution in [0.15, 0.2) is 48.7 Å². The van der Waals surface area contributed by atoms with Gasteiger partial charge in [0.25, 0.3) is 5.95 Å². The van der Waals surface area contributed by atoms with E-state index in [1.807, 2.05) is 24.0 Å². The predicted octanol–water partition coefficient (Wildman–Crippen LogP) is 4.74. The van der Waals surface area contributed by atoms with Crippen LogP contribution in [-0.4, -0.2) is 28.8 Å². The molecule has 0 unspecified atom stereocenters. The molecule has 0 fully saturated rings. The standard InChI is InChI=1S/C19H20ClN5O/c1-4-25(15-7-5-6-13(2)10-15)19-23-18(12-21-24-19)22-16-11-14(20)8-9-17(16)26-3/h5-12H,4H2,1-3H3,(H,22,23,24). The fourth-order valence-electron chi connectivity index (χ4n) is 2.62. The maximum atomic E-state index is 6.09. The number of nitrogens with zero attached hydrogens (tertiary/aromatic N) is 4. The molecule has 6 nitrogen and oxygen atoms in total. The molecule has 0 aliphatic rings. The van der Waals surface area contributed by atoms with E-state index in [4.69, 9.17) is 16.3 Å². The number of hydrogen-bond acceptors (Lipinski definition) is 6. The van der Waals surface area contributed by atoms with E-state index in [1.54, 1.807) is 31.5 Å². The van der Waals surface area contributed by atoms with Crippen LogP contribution < -0.4 is 15.0 Å². The van der Waals surface area contributed by atoms with Gasteiger partial charge >= 0.3 is 0 Å². The first kappa shape index (κ1) is 17.9. The molecule has 0 radical (unpaired) electrons. The molecule has 3 rings (SSSR count). The molecule has 1 N–H and O–H groups in total. The third kappa shape index (κ3) is 4.03. The second kappa shape index (κ2) is 8.01. The molecule has 1 aromatic heterocycles. The highest BCUT2D eigenvalue weighted by atomic mass is 35.5. The number of aromatic nitrogens is 3. The minimum atomic E-state index is 0.518. The molecule has 134 valence electrons. The lowest BCUT2D eigenvalue weighted by Crippen LogP contribution is -2.19. The van der Waals surface area contributed by atoms with Crippen molar-refractivity contribution < 1.29 is 4.74 Å². The fourth-order valence-corrected chi connectivity index (χ4v) is 2.79. The Morgan fingerprint density at radius 2 is 2.04 bits per heavy atom. The lowest BCUT2D eigenvalue weighted by atomic mass is 10.2. The van der Waals surface area contributed by atoms with Gasteiger partial charge in [0.15, 0.2) is 5.82 Å². The van der Waals surface area contributed by atoms with Crippen molar-refractivity contribution in [1.29, 1.82) is 0 Å². The molecule has 0 saturated carbocycles. The lowest BCUT2D eigenvalue weighted by molar-refractivity contribution is 0.417. The van der Waals surface area contributed by atoms with Gasteiger partial charge in [-0.15, -0.1) is 5.10 Å². The van der Waals surface area contributed by atoms with Crippen LogP contribution in [0, 0.1) is 6.92 Å². The van der Waals surface area contributed by atoms with Crippen molar-refractivity contribution in [3.63, 3.8) is 0 Å². The molecule has 0 aliphatic heterocycles. The average Bonchev–Trinajstić information content (AvgIpc) is 2.63. The molecule has 2 aromatic carbocycles. The predicted molar refractivity (Wildman–Crippen MR) is 105 cm³/mol. The summed E-state index contributed by atoms with van der Waals surface area (Å²) in [4.78, 5) is 6.59. The summed E-state index contributed by atoms with van der Waals surface area (Å²) in [6.07, 6.45) is 1.56. The van der Waals surface area contributed by atoms with E-state index in [-0.39, 0.29) is 0 Å². The molecule has 1 heterocycles. The smallest absolute Gasteiger partial charge is 0.251 e. The monoisotopic (exact) mass is 369 g/mol. The van der Waals surface area contributed by atoms with Gasteiger partial charge in [0.2, 0.25) is 0 Å². The molecule has 3 aromatic rings. The van der Waals surface area contributed by atoms with Crippen LogP contribution in [0.3, 0.4) is 0 Å². The normalized spacial score (nSPS) is 10.5. The maximum Gasteiger partial charge on any atom is 0.251 e. The van der Waals surface area contributed by atoms with Crippen molar-refractivity contribution in [2.75, 3.05) is 23.9 Å². The summed E-state index contributed by atoms with van der Waals surface area (Å²) in [5.41, 5.74) is 2.91. The minimum Gasteiger partial charge on any atom is -0.495 e. The van der Waals surface area contributed by atoms with Crippen molar-refractivity contribution >= 4 is 34.7 Å². The molecular formula is C19H20ClN5O. The Bertz CT molecular complexity index is 903. The van der Waals surface area contributed by atoms with E-state index in [9.17, 15) is 0 Å². The highest BCUT2D eigenvalue weighted by molar-refractivity contribution is 6.31. The number of hydrogen-bond donors (Lipinski definition) is 1. The Morgan fingerprint density at radius 1 is 1.19 bits per heavy atom. The van der Waals surface area contributed by atoms with Crippen LogP contribution in [-0.2, 0) is 0 Å². The highest BCUT2D eigenvalue weighted by Crippen LogP contribution is 2.30. The van der Waals surface area contributed by atoms with E-state index in [1.165, 1.54) is 5.56 Å². The molecule has 26 heavy (non-hydrogen) atoms. The van der Waals surface area contributed by atoms with Crippen LogP contribution >= 0.6 is 11.6 Å². The summed E-state index contributed by atoms with van der Waals surface area (Å²) in [5, 5.41) is 12.1. The van der Waals surface area contributed by atoms with E-state index in [0.29, 0.717) is 28.2 Å². The molecule has 0 aliphatic carbocycles. The van der Waals surface area contributed by atoms with E-state index in [0.717, 1.165) is 12.2 Å². The number of nitrogens with one attached hydrogen (secondary N) is 1. The first-order chi connectivity index (χ1) is 12.6. The summed E-state index contributed by atoms with van der Waals surface area (Å²) in [7, 11) is 1.61. The van der Waals surface area contributed by atoms with Gasteiger partial charge in [-0.05, 0) is 49.7 Å². The number of benzene rings is 2. The second-order valence-electron chi connectivity index (χ2n) is 5.69. The Kier molecular flexibility index (Phi) is 5.53. The third-order valence-corrected chi connectivity index (χ3v) is 4.08. The van der Waals surface area contributed by atoms with E-state index in [2.05, 4.69) is 39.6 Å². The molecule has 0 amide bonds. The van der Waals surface area contributed by atoms with Gasteiger partial charge in [-0.3, -0.25) is 0 Å². The molecule has 0 bridgehead atoms. The maximum absolute atomic E-state index is 6.09. The van der Waals surface area contributed by atoms with Gasteiger partial charge < -0.3 is 15.0 Å². The largest absolute Gasteiger partial charge is 0.495 e. The SMILES string of the molecule is CCN(c1cccc(C)c1)c1nncc(Nc2cc(Cl)ccc2OC)n1. The summed E-state index contributed by atoms with van der Waals surface area (Å²) in [6.45, 7) is 4.82. The van der Waals surface area contributed by atoms with Gasteiger partial charge in [0, 0.05) is 17.3 Å². The minimum absolute atomic E-state index is 0.518. The zero-order valence-electron chi connectivity index (χ0n) is 14.9. The van der Waals surface area contributed by atoms with Gasteiger partial charge in [-0.25, -0.2) is 0 Å². The van der Waals surface area contributed by atoms with Crippen molar-refractivity contribution in [3.8, 4) is 5.75 Å². The highest BCUT2D eigenvalue weighted by Gasteiger charge is 2.13. The average molecular weight is 370 g/mol. The Morgan fingerprint density at radius 3 is 2.77 bits per heavy atom. The fraction of sp³-hybridized carbons (Fsp3) is 0.211. The molecule has 0 saturated heterocycles. The summed E-state index contributed by atoms with van der Waals surface area (Å²) in [6, 6.07) is 13.5. The van der Waals surface area contributed by atoms with Crippen molar-refractivity contribution in [1.82, 2.24) is 15.2 Å². The van der Waals surface area contributed by atoms with Crippen LogP contribution in [0.1, 0.15) is 12.5 Å². The Balaban J connectivity index is 1.92. The number of aryl methyl sites for hydroxylation is 1. The van der Waals surface area contributed by atoms with E-state index < -0.39 is 0 Å². The van der Waals surface area contributed by atoms with Crippen molar-refractivity contribution in [2.45, 2.75) is 13.8 Å². The molecular weight excluding hydrogens is 350 g/mol. The first-order valence-corrected chi connectivity index (χ1v) is 8.63. The Hall–Kier alpha value is -2.86. The zero-order chi connectivity index (χ0) is 18.5. The summed E-state index contributed by atoms with van der Waals surface area (Å²) >= 11 is 6.09. The quantitative estimate of drug-likeness (QED) is 0.676. The second-order valence-corrected chi connectivity index (χ2v) is 6.13. The van der Waals surface area contributed by atoms with Crippen LogP contribution in [0.2, 0.25) is 5.02 Å². The number of methoxy groups -OCH3 is 1. The van der Waals surface area contributed by atoms with Gasteiger partial charge in [-0.2, -0.15) is 10.1 Å². The first-order valence-electron chi connectivity index (χ1n) is 8.25. The molecule has 0 spiro atoms. The number of rotatable bonds is 6. The Labute approximate surface area is 157 Å². The van der Waals surface area contributed by atoms with Gasteiger partial charge in [0.1, 0.15) is 5.75 Å². The zero-order valence-corrected chi connectivity index (χ0v) is 15.7. The van der Waals surface area contributed by atoms with Gasteiger partial charge in [-0.1, -0.05) is 23.7 Å². The number of halogens is 1. The van der Waals surface area contributed by atoms with Crippen molar-refractivity contribution in [2.24, 2.45) is 0 Å². The summed E-state index contributed by atoms with van der Waals surface area (Å²) in [5.74, 6) is 1.74. The molecule has 7 heteroatoms. The topological polar surface area (TPSA) is 63.2 Å². The van der Waals surface area contributed by atoms with Crippen LogP contribution in [0.5, 0.6) is 5.75 Å². The lowest BCUT2D eigenvalue weighted by Gasteiger charge is -2.21. The van der Waals surface area contributed by atoms with Crippen molar-refractivity contribution in [3.05, 3.63) is 59.2 Å². The number of ether oxygens (including phenoxy) is 1. The van der Waals surface area contributed by atoms with Gasteiger partial charge in [0.05, 0.1) is 19.0 Å². The van der Waals surface area contributed by atoms with Crippen LogP contribution in [0.4, 0.5) is 23.1 Å².